The van der Waals surface area contributed by atoms with Crippen molar-refractivity contribution in [1.29, 1.82) is 0 Å². The molecule has 2 aromatic rings. The van der Waals surface area contributed by atoms with Gasteiger partial charge in [0.05, 0.1) is 0 Å². The van der Waals surface area contributed by atoms with Crippen molar-refractivity contribution in [1.82, 2.24) is 15.5 Å². The van der Waals surface area contributed by atoms with Crippen LogP contribution in [0, 0.1) is 12.7 Å². The van der Waals surface area contributed by atoms with Crippen LogP contribution < -0.4 is 5.32 Å². The number of nitrogens with zero attached hydrogens (tertiary/aromatic N) is 2. The van der Waals surface area contributed by atoms with Gasteiger partial charge in [-0.1, -0.05) is 37.1 Å². The van der Waals surface area contributed by atoms with Gasteiger partial charge in [0.15, 0.2) is 0 Å². The van der Waals surface area contributed by atoms with Gasteiger partial charge in [-0.15, -0.1) is 0 Å². The Kier molecular flexibility index (Phi) is 6.82. The number of benzene rings is 1. The molecule has 140 valence electrons. The lowest BCUT2D eigenvalue weighted by atomic mass is 10.1. The topological polar surface area (TPSA) is 105 Å². The van der Waals surface area contributed by atoms with Crippen LogP contribution in [0.3, 0.4) is 0 Å². The highest BCUT2D eigenvalue weighted by Gasteiger charge is 2.19. The molecule has 0 aliphatic rings. The number of carboxylic acid groups (broad SMARTS) is 1. The predicted molar refractivity (Wildman–Crippen MR) is 91.8 cm³/mol. The molecule has 0 saturated carbocycles. The van der Waals surface area contributed by atoms with Crippen molar-refractivity contribution in [2.75, 3.05) is 0 Å². The number of halogens is 1. The molecule has 1 aromatic heterocycles. The highest BCUT2D eigenvalue weighted by Crippen LogP contribution is 2.19. The molecule has 8 heteroatoms. The second-order valence-electron chi connectivity index (χ2n) is 6.08. The summed E-state index contributed by atoms with van der Waals surface area (Å²) in [7, 11) is 0. The molecule has 0 aliphatic carbocycles. The lowest BCUT2D eigenvalue weighted by Gasteiger charge is -2.13. The first kappa shape index (κ1) is 19.6. The molecule has 0 fully saturated rings. The van der Waals surface area contributed by atoms with Crippen LogP contribution in [0.1, 0.15) is 44.1 Å². The zero-order valence-corrected chi connectivity index (χ0v) is 14.8. The average molecular weight is 363 g/mol. The van der Waals surface area contributed by atoms with E-state index in [0.717, 1.165) is 12.8 Å². The van der Waals surface area contributed by atoms with Crippen LogP contribution in [0.5, 0.6) is 0 Å². The molecule has 0 spiro atoms. The van der Waals surface area contributed by atoms with E-state index in [-0.39, 0.29) is 30.4 Å². The molecule has 2 N–H and O–H groups in total. The molecule has 1 heterocycles. The van der Waals surface area contributed by atoms with E-state index in [1.54, 1.807) is 19.1 Å². The SMILES string of the molecule is CCCCC(NC(=O)CCc1nc(-c2ccc(C)c(F)c2)no1)C(=O)O. The van der Waals surface area contributed by atoms with Crippen LogP contribution in [0.25, 0.3) is 11.4 Å². The predicted octanol–water partition coefficient (Wildman–Crippen LogP) is 2.88. The number of unbranched alkanes of at least 4 members (excludes halogenated alkanes) is 1. The first-order valence-corrected chi connectivity index (χ1v) is 8.52. The normalized spacial score (nSPS) is 12.0. The van der Waals surface area contributed by atoms with Gasteiger partial charge in [-0.2, -0.15) is 4.98 Å². The molecule has 1 atom stereocenters. The Labute approximate surface area is 150 Å². The van der Waals surface area contributed by atoms with E-state index in [9.17, 15) is 14.0 Å². The molecule has 1 amide bonds. The van der Waals surface area contributed by atoms with Crippen molar-refractivity contribution in [3.8, 4) is 11.4 Å². The molecule has 1 aromatic carbocycles. The molecule has 0 radical (unpaired) electrons. The summed E-state index contributed by atoms with van der Waals surface area (Å²) in [6.07, 6.45) is 2.16. The fourth-order valence-electron chi connectivity index (χ4n) is 2.36. The summed E-state index contributed by atoms with van der Waals surface area (Å²) >= 11 is 0. The Hall–Kier alpha value is -2.77. The maximum Gasteiger partial charge on any atom is 0.326 e. The third-order valence-electron chi connectivity index (χ3n) is 3.94. The molecule has 0 aliphatic heterocycles. The van der Waals surface area contributed by atoms with Crippen LogP contribution in [0.2, 0.25) is 0 Å². The first-order valence-electron chi connectivity index (χ1n) is 8.52. The number of carbonyl (C=O) groups excluding carboxylic acids is 1. The zero-order chi connectivity index (χ0) is 19.1. The van der Waals surface area contributed by atoms with E-state index in [2.05, 4.69) is 15.5 Å². The first-order chi connectivity index (χ1) is 12.4. The van der Waals surface area contributed by atoms with E-state index < -0.39 is 17.9 Å². The van der Waals surface area contributed by atoms with Gasteiger partial charge in [-0.05, 0) is 25.0 Å². The summed E-state index contributed by atoms with van der Waals surface area (Å²) in [5.74, 6) is -1.33. The number of carboxylic acids is 1. The number of aryl methyl sites for hydroxylation is 2. The van der Waals surface area contributed by atoms with Crippen LogP contribution >= 0.6 is 0 Å². The second kappa shape index (κ2) is 9.07. The number of rotatable bonds is 9. The van der Waals surface area contributed by atoms with Gasteiger partial charge in [0.1, 0.15) is 11.9 Å². The number of nitrogens with one attached hydrogen (secondary N) is 1. The number of carbonyl (C=O) groups is 2. The van der Waals surface area contributed by atoms with E-state index in [0.29, 0.717) is 17.5 Å². The summed E-state index contributed by atoms with van der Waals surface area (Å²) in [4.78, 5) is 27.2. The van der Waals surface area contributed by atoms with Crippen molar-refractivity contribution < 1.29 is 23.6 Å². The number of aromatic nitrogens is 2. The fraction of sp³-hybridized carbons (Fsp3) is 0.444. The van der Waals surface area contributed by atoms with E-state index in [4.69, 9.17) is 9.63 Å². The van der Waals surface area contributed by atoms with Crippen molar-refractivity contribution >= 4 is 11.9 Å². The summed E-state index contributed by atoms with van der Waals surface area (Å²) in [6.45, 7) is 3.61. The third-order valence-corrected chi connectivity index (χ3v) is 3.94. The molecular weight excluding hydrogens is 341 g/mol. The van der Waals surface area contributed by atoms with Gasteiger partial charge in [0.25, 0.3) is 0 Å². The smallest absolute Gasteiger partial charge is 0.326 e. The summed E-state index contributed by atoms with van der Waals surface area (Å²) in [5, 5.41) is 15.4. The fourth-order valence-corrected chi connectivity index (χ4v) is 2.36. The minimum Gasteiger partial charge on any atom is -0.480 e. The minimum atomic E-state index is -1.05. The Bertz CT molecular complexity index is 776. The van der Waals surface area contributed by atoms with Crippen LogP contribution in [0.15, 0.2) is 22.7 Å². The molecule has 26 heavy (non-hydrogen) atoms. The van der Waals surface area contributed by atoms with Crippen LogP contribution in [0.4, 0.5) is 4.39 Å². The van der Waals surface area contributed by atoms with Crippen LogP contribution in [-0.4, -0.2) is 33.2 Å². The minimum absolute atomic E-state index is 0.0276. The standard InChI is InChI=1S/C18H22FN3O4/c1-3-4-5-14(18(24)25)20-15(23)8-9-16-21-17(22-26-16)12-7-6-11(2)13(19)10-12/h6-7,10,14H,3-5,8-9H2,1-2H3,(H,20,23)(H,24,25). The molecular formula is C18H22FN3O4. The lowest BCUT2D eigenvalue weighted by molar-refractivity contribution is -0.142. The van der Waals surface area contributed by atoms with Crippen molar-refractivity contribution in [3.05, 3.63) is 35.5 Å². The van der Waals surface area contributed by atoms with E-state index >= 15 is 0 Å². The largest absolute Gasteiger partial charge is 0.480 e. The monoisotopic (exact) mass is 363 g/mol. The number of aliphatic carboxylic acids is 1. The third kappa shape index (κ3) is 5.37. The maximum absolute atomic E-state index is 13.6. The Morgan fingerprint density at radius 3 is 2.81 bits per heavy atom. The quantitative estimate of drug-likeness (QED) is 0.710. The second-order valence-corrected chi connectivity index (χ2v) is 6.08. The molecule has 0 saturated heterocycles. The number of hydrogen-bond donors (Lipinski definition) is 2. The van der Waals surface area contributed by atoms with Crippen molar-refractivity contribution in [2.24, 2.45) is 0 Å². The van der Waals surface area contributed by atoms with E-state index in [1.807, 2.05) is 6.92 Å². The number of hydrogen-bond acceptors (Lipinski definition) is 5. The van der Waals surface area contributed by atoms with Gasteiger partial charge in [0, 0.05) is 18.4 Å². The van der Waals surface area contributed by atoms with E-state index in [1.165, 1.54) is 6.07 Å². The number of amides is 1. The summed E-state index contributed by atoms with van der Waals surface area (Å²) < 4.78 is 18.7. The lowest BCUT2D eigenvalue weighted by Crippen LogP contribution is -2.40. The van der Waals surface area contributed by atoms with Gasteiger partial charge < -0.3 is 14.9 Å². The zero-order valence-electron chi connectivity index (χ0n) is 14.8. The summed E-state index contributed by atoms with van der Waals surface area (Å²) in [5.41, 5.74) is 1.00. The van der Waals surface area contributed by atoms with Gasteiger partial charge in [0.2, 0.25) is 17.6 Å². The molecule has 7 nitrogen and oxygen atoms in total. The average Bonchev–Trinajstić information content (AvgIpc) is 3.08. The highest BCUT2D eigenvalue weighted by atomic mass is 19.1. The van der Waals surface area contributed by atoms with Gasteiger partial charge in [-0.3, -0.25) is 4.79 Å². The molecule has 1 unspecified atom stereocenters. The van der Waals surface area contributed by atoms with Crippen LogP contribution in [-0.2, 0) is 16.0 Å². The molecule has 2 rings (SSSR count). The van der Waals surface area contributed by atoms with Crippen molar-refractivity contribution in [3.63, 3.8) is 0 Å². The molecule has 0 bridgehead atoms. The Morgan fingerprint density at radius 1 is 1.38 bits per heavy atom. The maximum atomic E-state index is 13.6. The highest BCUT2D eigenvalue weighted by molar-refractivity contribution is 5.83. The van der Waals surface area contributed by atoms with Gasteiger partial charge in [-0.25, -0.2) is 9.18 Å². The summed E-state index contributed by atoms with van der Waals surface area (Å²) in [6, 6.07) is 3.74. The van der Waals surface area contributed by atoms with Gasteiger partial charge >= 0.3 is 5.97 Å². The Balaban J connectivity index is 1.91. The Morgan fingerprint density at radius 2 is 2.15 bits per heavy atom. The van der Waals surface area contributed by atoms with Crippen molar-refractivity contribution in [2.45, 2.75) is 52.0 Å².